The van der Waals surface area contributed by atoms with E-state index < -0.39 is 5.63 Å². The second-order valence-electron chi connectivity index (χ2n) is 3.56. The highest BCUT2D eigenvalue weighted by molar-refractivity contribution is 5.95. The third kappa shape index (κ3) is 1.71. The van der Waals surface area contributed by atoms with Crippen molar-refractivity contribution >= 4 is 16.7 Å². The molecule has 0 radical (unpaired) electrons. The van der Waals surface area contributed by atoms with Crippen LogP contribution >= 0.6 is 0 Å². The van der Waals surface area contributed by atoms with Crippen molar-refractivity contribution in [1.29, 1.82) is 0 Å². The second-order valence-corrected chi connectivity index (χ2v) is 3.56. The molecule has 2 rings (SSSR count). The molecular formula is C12H11NO4. The molecule has 0 bridgehead atoms. The van der Waals surface area contributed by atoms with Crippen LogP contribution in [0.1, 0.15) is 0 Å². The van der Waals surface area contributed by atoms with Crippen molar-refractivity contribution in [3.8, 4) is 11.5 Å². The van der Waals surface area contributed by atoms with Gasteiger partial charge in [-0.15, -0.1) is 0 Å². The van der Waals surface area contributed by atoms with Crippen LogP contribution in [-0.2, 0) is 0 Å². The Balaban J connectivity index is 2.94. The molecule has 2 aromatic rings. The molecule has 1 heterocycles. The maximum Gasteiger partial charge on any atom is 0.336 e. The van der Waals surface area contributed by atoms with Gasteiger partial charge in [-0.3, -0.25) is 0 Å². The molecule has 0 fully saturated rings. The van der Waals surface area contributed by atoms with Gasteiger partial charge in [0.25, 0.3) is 0 Å². The lowest BCUT2D eigenvalue weighted by atomic mass is 10.1. The molecule has 88 valence electrons. The van der Waals surface area contributed by atoms with Gasteiger partial charge in [0.15, 0.2) is 17.1 Å². The summed E-state index contributed by atoms with van der Waals surface area (Å²) < 4.78 is 5.04. The Morgan fingerprint density at radius 3 is 2.76 bits per heavy atom. The minimum atomic E-state index is -0.527. The van der Waals surface area contributed by atoms with Crippen molar-refractivity contribution in [1.82, 2.24) is 0 Å². The summed E-state index contributed by atoms with van der Waals surface area (Å²) in [5.41, 5.74) is -0.121. The average Bonchev–Trinajstić information content (AvgIpc) is 2.31. The van der Waals surface area contributed by atoms with Crippen molar-refractivity contribution in [2.24, 2.45) is 0 Å². The summed E-state index contributed by atoms with van der Waals surface area (Å²) in [6.45, 7) is 3.55. The zero-order chi connectivity index (χ0) is 12.6. The first-order chi connectivity index (χ1) is 8.04. The molecule has 0 spiro atoms. The SMILES string of the molecule is C=CN(C)c1c(O)c(O)cc2ccc(=O)oc12. The highest BCUT2D eigenvalue weighted by atomic mass is 16.4. The number of fused-ring (bicyclic) bond motifs is 1. The fourth-order valence-corrected chi connectivity index (χ4v) is 1.59. The molecule has 0 saturated carbocycles. The number of anilines is 1. The van der Waals surface area contributed by atoms with Gasteiger partial charge in [-0.1, -0.05) is 6.58 Å². The molecular weight excluding hydrogens is 222 g/mol. The number of phenols is 2. The first kappa shape index (κ1) is 11.1. The number of phenolic OH excluding ortho intramolecular Hbond substituents is 2. The van der Waals surface area contributed by atoms with Crippen molar-refractivity contribution < 1.29 is 14.6 Å². The van der Waals surface area contributed by atoms with Gasteiger partial charge in [-0.05, 0) is 18.3 Å². The third-order valence-electron chi connectivity index (χ3n) is 2.46. The van der Waals surface area contributed by atoms with Crippen LogP contribution < -0.4 is 10.5 Å². The summed E-state index contributed by atoms with van der Waals surface area (Å²) >= 11 is 0. The minimum absolute atomic E-state index is 0.202. The average molecular weight is 233 g/mol. The molecule has 0 saturated heterocycles. The van der Waals surface area contributed by atoms with E-state index in [9.17, 15) is 15.0 Å². The molecule has 0 atom stereocenters. The van der Waals surface area contributed by atoms with Gasteiger partial charge < -0.3 is 19.5 Å². The molecule has 5 nitrogen and oxygen atoms in total. The van der Waals surface area contributed by atoms with Crippen LogP contribution in [-0.4, -0.2) is 17.3 Å². The van der Waals surface area contributed by atoms with E-state index in [0.717, 1.165) is 0 Å². The first-order valence-corrected chi connectivity index (χ1v) is 4.88. The number of aromatic hydroxyl groups is 2. The Morgan fingerprint density at radius 2 is 2.12 bits per heavy atom. The number of nitrogens with zero attached hydrogens (tertiary/aromatic N) is 1. The van der Waals surface area contributed by atoms with Crippen LogP contribution in [0.3, 0.4) is 0 Å². The summed E-state index contributed by atoms with van der Waals surface area (Å²) in [5, 5.41) is 19.9. The maximum atomic E-state index is 11.2. The molecule has 1 aromatic heterocycles. The van der Waals surface area contributed by atoms with E-state index in [0.29, 0.717) is 5.39 Å². The Labute approximate surface area is 96.8 Å². The molecule has 5 heteroatoms. The van der Waals surface area contributed by atoms with E-state index in [1.165, 1.54) is 29.3 Å². The lowest BCUT2D eigenvalue weighted by Crippen LogP contribution is -2.09. The van der Waals surface area contributed by atoms with Crippen LogP contribution in [0.15, 0.2) is 40.2 Å². The predicted octanol–water partition coefficient (Wildman–Crippen LogP) is 1.78. The van der Waals surface area contributed by atoms with Gasteiger partial charge in [-0.25, -0.2) is 4.79 Å². The van der Waals surface area contributed by atoms with Crippen LogP contribution in [0.25, 0.3) is 11.0 Å². The van der Waals surface area contributed by atoms with E-state index in [2.05, 4.69) is 6.58 Å². The number of hydrogen-bond acceptors (Lipinski definition) is 5. The normalized spacial score (nSPS) is 10.4. The third-order valence-corrected chi connectivity index (χ3v) is 2.46. The van der Waals surface area contributed by atoms with Crippen molar-refractivity contribution in [3.63, 3.8) is 0 Å². The molecule has 0 aliphatic carbocycles. The van der Waals surface area contributed by atoms with Gasteiger partial charge in [0.1, 0.15) is 5.69 Å². The first-order valence-electron chi connectivity index (χ1n) is 4.88. The molecule has 0 aliphatic rings. The fraction of sp³-hybridized carbons (Fsp3) is 0.0833. The monoisotopic (exact) mass is 233 g/mol. The summed E-state index contributed by atoms with van der Waals surface area (Å²) in [4.78, 5) is 12.6. The predicted molar refractivity (Wildman–Crippen MR) is 64.4 cm³/mol. The fourth-order valence-electron chi connectivity index (χ4n) is 1.59. The van der Waals surface area contributed by atoms with Gasteiger partial charge in [0, 0.05) is 18.5 Å². The van der Waals surface area contributed by atoms with E-state index in [4.69, 9.17) is 4.42 Å². The van der Waals surface area contributed by atoms with Gasteiger partial charge in [0.05, 0.1) is 0 Å². The van der Waals surface area contributed by atoms with Crippen molar-refractivity contribution in [2.45, 2.75) is 0 Å². The zero-order valence-corrected chi connectivity index (χ0v) is 9.17. The lowest BCUT2D eigenvalue weighted by molar-refractivity contribution is 0.404. The highest BCUT2D eigenvalue weighted by Gasteiger charge is 2.16. The van der Waals surface area contributed by atoms with Crippen LogP contribution in [0.5, 0.6) is 11.5 Å². The van der Waals surface area contributed by atoms with Gasteiger partial charge >= 0.3 is 5.63 Å². The van der Waals surface area contributed by atoms with Gasteiger partial charge in [-0.2, -0.15) is 0 Å². The summed E-state index contributed by atoms with van der Waals surface area (Å²) in [6, 6.07) is 4.09. The quantitative estimate of drug-likeness (QED) is 0.611. The topological polar surface area (TPSA) is 73.9 Å². The molecule has 0 unspecified atom stereocenters. The molecule has 0 amide bonds. The Kier molecular flexibility index (Phi) is 2.51. The smallest absolute Gasteiger partial charge is 0.336 e. The van der Waals surface area contributed by atoms with Crippen LogP contribution in [0.4, 0.5) is 5.69 Å². The van der Waals surface area contributed by atoms with Gasteiger partial charge in [0.2, 0.25) is 0 Å². The zero-order valence-electron chi connectivity index (χ0n) is 9.17. The van der Waals surface area contributed by atoms with E-state index in [-0.39, 0.29) is 22.8 Å². The molecule has 0 aliphatic heterocycles. The number of rotatable bonds is 2. The van der Waals surface area contributed by atoms with Crippen molar-refractivity contribution in [3.05, 3.63) is 41.4 Å². The maximum absolute atomic E-state index is 11.2. The Hall–Kier alpha value is -2.43. The van der Waals surface area contributed by atoms with Crippen LogP contribution in [0, 0.1) is 0 Å². The molecule has 17 heavy (non-hydrogen) atoms. The van der Waals surface area contributed by atoms with Crippen molar-refractivity contribution in [2.75, 3.05) is 11.9 Å². The highest BCUT2D eigenvalue weighted by Crippen LogP contribution is 2.41. The standard InChI is InChI=1S/C12H11NO4/c1-3-13(2)10-11(16)8(14)6-7-4-5-9(15)17-12(7)10/h3-6,14,16H,1H2,2H3. The van der Waals surface area contributed by atoms with E-state index in [1.54, 1.807) is 7.05 Å². The van der Waals surface area contributed by atoms with E-state index in [1.807, 2.05) is 0 Å². The number of hydrogen-bond donors (Lipinski definition) is 2. The molecule has 2 N–H and O–H groups in total. The largest absolute Gasteiger partial charge is 0.504 e. The molecule has 1 aromatic carbocycles. The minimum Gasteiger partial charge on any atom is -0.504 e. The lowest BCUT2D eigenvalue weighted by Gasteiger charge is -2.17. The Bertz CT molecular complexity index is 645. The van der Waals surface area contributed by atoms with Crippen LogP contribution in [0.2, 0.25) is 0 Å². The number of benzene rings is 1. The second kappa shape index (κ2) is 3.86. The summed E-state index contributed by atoms with van der Waals surface area (Å²) in [6.07, 6.45) is 1.43. The summed E-state index contributed by atoms with van der Waals surface area (Å²) in [5.74, 6) is -0.635. The summed E-state index contributed by atoms with van der Waals surface area (Å²) in [7, 11) is 1.62. The van der Waals surface area contributed by atoms with E-state index >= 15 is 0 Å². The Morgan fingerprint density at radius 1 is 1.41 bits per heavy atom.